The molecule has 30 heavy (non-hydrogen) atoms. The molecule has 0 aliphatic heterocycles. The van der Waals surface area contributed by atoms with E-state index in [9.17, 15) is 24.6 Å². The lowest BCUT2D eigenvalue weighted by molar-refractivity contribution is -0.142. The van der Waals surface area contributed by atoms with Crippen molar-refractivity contribution in [3.8, 4) is 0 Å². The summed E-state index contributed by atoms with van der Waals surface area (Å²) in [6.45, 7) is 5.76. The first kappa shape index (κ1) is 28.5. The number of ketones is 2. The molecule has 3 unspecified atom stereocenters. The van der Waals surface area contributed by atoms with Gasteiger partial charge < -0.3 is 15.5 Å². The summed E-state index contributed by atoms with van der Waals surface area (Å²) in [4.78, 5) is 35.1. The maximum absolute atomic E-state index is 12.1. The maximum atomic E-state index is 12.1. The third-order valence-corrected chi connectivity index (χ3v) is 5.48. The molecule has 6 heteroatoms. The summed E-state index contributed by atoms with van der Waals surface area (Å²) in [5, 5.41) is 23.3. The van der Waals surface area contributed by atoms with Crippen LogP contribution in [0.4, 0.5) is 0 Å². The van der Waals surface area contributed by atoms with E-state index in [0.717, 1.165) is 26.2 Å². The first-order valence-electron chi connectivity index (χ1n) is 11.5. The number of allylic oxidation sites excluding steroid dienone is 1. The Bertz CT molecular complexity index is 546. The van der Waals surface area contributed by atoms with Gasteiger partial charge >= 0.3 is 0 Å². The molecule has 0 saturated carbocycles. The molecule has 174 valence electrons. The summed E-state index contributed by atoms with van der Waals surface area (Å²) in [6.07, 6.45) is 15.6. The molecule has 0 aromatic heterocycles. The number of nitrogens with one attached hydrogen (secondary N) is 1. The number of rotatable bonds is 18. The summed E-state index contributed by atoms with van der Waals surface area (Å²) in [6, 6.07) is -1.42. The molecule has 6 nitrogen and oxygen atoms in total. The second-order valence-electron chi connectivity index (χ2n) is 8.34. The fourth-order valence-corrected chi connectivity index (χ4v) is 3.51. The van der Waals surface area contributed by atoms with Crippen LogP contribution in [0.1, 0.15) is 105 Å². The Kier molecular flexibility index (Phi) is 15.4. The van der Waals surface area contributed by atoms with Gasteiger partial charge in [-0.15, -0.1) is 0 Å². The number of aliphatic hydroxyl groups excluding tert-OH is 1. The van der Waals surface area contributed by atoms with Crippen molar-refractivity contribution < 1.29 is 24.6 Å². The van der Waals surface area contributed by atoms with Crippen LogP contribution in [0.3, 0.4) is 0 Å². The molecule has 3 N–H and O–H groups in total. The van der Waals surface area contributed by atoms with Crippen molar-refractivity contribution in [2.75, 3.05) is 0 Å². The predicted molar refractivity (Wildman–Crippen MR) is 120 cm³/mol. The van der Waals surface area contributed by atoms with E-state index in [1.807, 2.05) is 0 Å². The highest BCUT2D eigenvalue weighted by molar-refractivity contribution is 5.91. The minimum atomic E-state index is -2.13. The van der Waals surface area contributed by atoms with Crippen molar-refractivity contribution in [2.45, 2.75) is 122 Å². The molecule has 1 amide bonds. The highest BCUT2D eigenvalue weighted by Gasteiger charge is 2.45. The van der Waals surface area contributed by atoms with E-state index < -0.39 is 35.2 Å². The number of carbonyl (C=O) groups excluding carboxylic acids is 3. The Morgan fingerprint density at radius 2 is 1.33 bits per heavy atom. The highest BCUT2D eigenvalue weighted by atomic mass is 16.3. The molecule has 0 aliphatic carbocycles. The Morgan fingerprint density at radius 1 is 0.867 bits per heavy atom. The third-order valence-electron chi connectivity index (χ3n) is 5.48. The fraction of sp³-hybridized carbons (Fsp3) is 0.792. The van der Waals surface area contributed by atoms with Crippen LogP contribution in [0.25, 0.3) is 0 Å². The van der Waals surface area contributed by atoms with Crippen LogP contribution in [-0.4, -0.2) is 45.4 Å². The zero-order valence-electron chi connectivity index (χ0n) is 19.4. The van der Waals surface area contributed by atoms with Crippen molar-refractivity contribution in [2.24, 2.45) is 0 Å². The molecule has 0 aromatic carbocycles. The molecule has 0 saturated heterocycles. The van der Waals surface area contributed by atoms with Crippen molar-refractivity contribution in [1.29, 1.82) is 0 Å². The van der Waals surface area contributed by atoms with Gasteiger partial charge in [-0.25, -0.2) is 0 Å². The fourth-order valence-electron chi connectivity index (χ4n) is 3.51. The Hall–Kier alpha value is -1.53. The average Bonchev–Trinajstić information content (AvgIpc) is 2.68. The summed E-state index contributed by atoms with van der Waals surface area (Å²) in [5.74, 6) is -1.82. The lowest BCUT2D eigenvalue weighted by atomic mass is 9.84. The summed E-state index contributed by atoms with van der Waals surface area (Å²) in [7, 11) is 0. The lowest BCUT2D eigenvalue weighted by Gasteiger charge is -2.34. The van der Waals surface area contributed by atoms with Crippen molar-refractivity contribution in [3.63, 3.8) is 0 Å². The largest absolute Gasteiger partial charge is 0.383 e. The number of amides is 1. The van der Waals surface area contributed by atoms with Crippen LogP contribution in [0.15, 0.2) is 12.2 Å². The second-order valence-corrected chi connectivity index (χ2v) is 8.34. The quantitative estimate of drug-likeness (QED) is 0.227. The molecule has 0 aliphatic rings. The van der Waals surface area contributed by atoms with Gasteiger partial charge in [0.25, 0.3) is 0 Å². The van der Waals surface area contributed by atoms with Crippen molar-refractivity contribution in [3.05, 3.63) is 12.2 Å². The molecule has 0 fully saturated rings. The van der Waals surface area contributed by atoms with Gasteiger partial charge in [-0.1, -0.05) is 77.2 Å². The van der Waals surface area contributed by atoms with Gasteiger partial charge in [-0.2, -0.15) is 0 Å². The van der Waals surface area contributed by atoms with Gasteiger partial charge in [0.05, 0.1) is 0 Å². The monoisotopic (exact) mass is 425 g/mol. The maximum Gasteiger partial charge on any atom is 0.217 e. The zero-order valence-corrected chi connectivity index (χ0v) is 19.4. The van der Waals surface area contributed by atoms with Gasteiger partial charge in [0.2, 0.25) is 5.91 Å². The first-order valence-corrected chi connectivity index (χ1v) is 11.5. The molecule has 0 rings (SSSR count). The number of unbranched alkanes of at least 4 members (excludes halogenated alkanes) is 11. The smallest absolute Gasteiger partial charge is 0.217 e. The molecular formula is C24H43NO5. The standard InChI is InChI=1S/C24H43NO5/c1-5-6-7-8-9-10-11-12-13-14-15-16-17-18-24(30,20(3)27)23(25-21(4)28)22(29)19(2)26/h17-18,22-23,29-30H,5-16H2,1-4H3,(H,25,28). The van der Waals surface area contributed by atoms with Crippen LogP contribution in [-0.2, 0) is 14.4 Å². The van der Waals surface area contributed by atoms with Gasteiger partial charge in [0.15, 0.2) is 17.2 Å². The number of aliphatic hydroxyl groups is 2. The van der Waals surface area contributed by atoms with E-state index >= 15 is 0 Å². The van der Waals surface area contributed by atoms with Crippen molar-refractivity contribution in [1.82, 2.24) is 5.32 Å². The zero-order chi connectivity index (χ0) is 23.0. The third kappa shape index (κ3) is 11.6. The second kappa shape index (κ2) is 16.2. The number of hydrogen-bond donors (Lipinski definition) is 3. The predicted octanol–water partition coefficient (Wildman–Crippen LogP) is 4.02. The van der Waals surface area contributed by atoms with Crippen LogP contribution in [0.2, 0.25) is 0 Å². The topological polar surface area (TPSA) is 104 Å². The van der Waals surface area contributed by atoms with Crippen molar-refractivity contribution >= 4 is 17.5 Å². The Balaban J connectivity index is 4.42. The minimum Gasteiger partial charge on any atom is -0.383 e. The molecule has 3 atom stereocenters. The van der Waals surface area contributed by atoms with E-state index in [1.165, 1.54) is 71.3 Å². The molecule has 0 heterocycles. The number of carbonyl (C=O) groups is 3. The van der Waals surface area contributed by atoms with Crippen LogP contribution in [0.5, 0.6) is 0 Å². The molecule has 0 spiro atoms. The SMILES string of the molecule is CCCCCCCCCCCCCC=CC(O)(C(C)=O)C(NC(C)=O)C(O)C(C)=O. The highest BCUT2D eigenvalue weighted by Crippen LogP contribution is 2.20. The van der Waals surface area contributed by atoms with Crippen LogP contribution in [0, 0.1) is 0 Å². The first-order chi connectivity index (χ1) is 14.2. The van der Waals surface area contributed by atoms with E-state index in [-0.39, 0.29) is 0 Å². The molecular weight excluding hydrogens is 382 g/mol. The minimum absolute atomic E-state index is 0.543. The number of hydrogen-bond acceptors (Lipinski definition) is 5. The van der Waals surface area contributed by atoms with Gasteiger partial charge in [-0.05, 0) is 32.8 Å². The summed E-state index contributed by atoms with van der Waals surface area (Å²) >= 11 is 0. The van der Waals surface area contributed by atoms with E-state index in [4.69, 9.17) is 0 Å². The summed E-state index contributed by atoms with van der Waals surface area (Å²) < 4.78 is 0. The summed E-state index contributed by atoms with van der Waals surface area (Å²) in [5.41, 5.74) is -2.13. The Morgan fingerprint density at radius 3 is 1.73 bits per heavy atom. The lowest BCUT2D eigenvalue weighted by Crippen LogP contribution is -2.62. The molecule has 0 radical (unpaired) electrons. The van der Waals surface area contributed by atoms with Crippen LogP contribution >= 0.6 is 0 Å². The average molecular weight is 426 g/mol. The van der Waals surface area contributed by atoms with Gasteiger partial charge in [0.1, 0.15) is 12.1 Å². The van der Waals surface area contributed by atoms with Gasteiger partial charge in [0, 0.05) is 6.92 Å². The van der Waals surface area contributed by atoms with E-state index in [0.29, 0.717) is 6.42 Å². The molecule has 0 aromatic rings. The van der Waals surface area contributed by atoms with Gasteiger partial charge in [-0.3, -0.25) is 14.4 Å². The normalized spacial score (nSPS) is 15.5. The Labute approximate surface area is 182 Å². The molecule has 0 bridgehead atoms. The number of Topliss-reactive ketones (excluding diaryl/α,β-unsaturated/α-hetero) is 2. The van der Waals surface area contributed by atoms with E-state index in [1.54, 1.807) is 6.08 Å². The van der Waals surface area contributed by atoms with Crippen LogP contribution < -0.4 is 5.32 Å². The van der Waals surface area contributed by atoms with E-state index in [2.05, 4.69) is 12.2 Å².